The number of anilines is 1. The average molecular weight is 397 g/mol. The van der Waals surface area contributed by atoms with Crippen LogP contribution in [0.1, 0.15) is 11.1 Å². The SMILES string of the molecule is COc1cc(/C=N/Nc2ccccn2)ccc1OS(=O)(=O)c1ccc(C)cc1. The summed E-state index contributed by atoms with van der Waals surface area (Å²) in [6, 6.07) is 16.7. The van der Waals surface area contributed by atoms with Gasteiger partial charge in [-0.3, -0.25) is 5.43 Å². The molecule has 0 atom stereocenters. The number of nitrogens with zero attached hydrogens (tertiary/aromatic N) is 2. The molecule has 0 saturated carbocycles. The first-order valence-corrected chi connectivity index (χ1v) is 9.78. The number of hydrazone groups is 1. The Morgan fingerprint density at radius 3 is 2.50 bits per heavy atom. The Hall–Kier alpha value is -3.39. The zero-order chi connectivity index (χ0) is 20.0. The minimum atomic E-state index is -3.96. The molecule has 0 amide bonds. The van der Waals surface area contributed by atoms with E-state index in [1.54, 1.807) is 42.7 Å². The molecular formula is C20H19N3O4S. The zero-order valence-electron chi connectivity index (χ0n) is 15.4. The number of aromatic nitrogens is 1. The lowest BCUT2D eigenvalue weighted by atomic mass is 10.2. The van der Waals surface area contributed by atoms with Crippen molar-refractivity contribution in [2.24, 2.45) is 5.10 Å². The Balaban J connectivity index is 1.76. The number of ether oxygens (including phenoxy) is 1. The molecule has 28 heavy (non-hydrogen) atoms. The fourth-order valence-electron chi connectivity index (χ4n) is 2.31. The molecule has 1 N–H and O–H groups in total. The molecule has 0 aliphatic carbocycles. The van der Waals surface area contributed by atoms with Crippen molar-refractivity contribution in [1.29, 1.82) is 0 Å². The number of nitrogens with one attached hydrogen (secondary N) is 1. The molecule has 0 fully saturated rings. The van der Waals surface area contributed by atoms with Crippen molar-refractivity contribution in [3.05, 3.63) is 78.0 Å². The van der Waals surface area contributed by atoms with Crippen LogP contribution in [0.2, 0.25) is 0 Å². The fourth-order valence-corrected chi connectivity index (χ4v) is 3.25. The van der Waals surface area contributed by atoms with Crippen LogP contribution in [0.15, 0.2) is 76.9 Å². The summed E-state index contributed by atoms with van der Waals surface area (Å²) >= 11 is 0. The van der Waals surface area contributed by atoms with Gasteiger partial charge in [0, 0.05) is 6.20 Å². The molecule has 0 aliphatic rings. The molecule has 0 radical (unpaired) electrons. The van der Waals surface area contributed by atoms with E-state index in [2.05, 4.69) is 15.5 Å². The summed E-state index contributed by atoms with van der Waals surface area (Å²) < 4.78 is 35.5. The molecule has 0 aliphatic heterocycles. The molecule has 0 spiro atoms. The van der Waals surface area contributed by atoms with E-state index in [0.717, 1.165) is 5.56 Å². The molecule has 3 aromatic rings. The number of benzene rings is 2. The van der Waals surface area contributed by atoms with Crippen LogP contribution in [0.5, 0.6) is 11.5 Å². The quantitative estimate of drug-likeness (QED) is 0.372. The summed E-state index contributed by atoms with van der Waals surface area (Å²) in [5.74, 6) is 0.977. The Morgan fingerprint density at radius 1 is 1.04 bits per heavy atom. The topological polar surface area (TPSA) is 89.9 Å². The summed E-state index contributed by atoms with van der Waals surface area (Å²) in [4.78, 5) is 4.17. The predicted molar refractivity (Wildman–Crippen MR) is 107 cm³/mol. The van der Waals surface area contributed by atoms with Crippen molar-refractivity contribution in [2.45, 2.75) is 11.8 Å². The van der Waals surface area contributed by atoms with E-state index in [1.165, 1.54) is 25.3 Å². The van der Waals surface area contributed by atoms with E-state index >= 15 is 0 Å². The monoisotopic (exact) mass is 397 g/mol. The van der Waals surface area contributed by atoms with Gasteiger partial charge in [-0.1, -0.05) is 23.8 Å². The molecule has 0 unspecified atom stereocenters. The Morgan fingerprint density at radius 2 is 1.82 bits per heavy atom. The number of aryl methyl sites for hydroxylation is 1. The van der Waals surface area contributed by atoms with E-state index in [9.17, 15) is 8.42 Å². The van der Waals surface area contributed by atoms with Gasteiger partial charge in [-0.2, -0.15) is 13.5 Å². The van der Waals surface area contributed by atoms with Crippen molar-refractivity contribution in [3.63, 3.8) is 0 Å². The molecule has 2 aromatic carbocycles. The van der Waals surface area contributed by atoms with Gasteiger partial charge in [0.05, 0.1) is 13.3 Å². The highest BCUT2D eigenvalue weighted by atomic mass is 32.2. The van der Waals surface area contributed by atoms with Crippen LogP contribution < -0.4 is 14.3 Å². The second-order valence-corrected chi connectivity index (χ2v) is 7.39. The van der Waals surface area contributed by atoms with Crippen LogP contribution in [0, 0.1) is 6.92 Å². The van der Waals surface area contributed by atoms with E-state index in [4.69, 9.17) is 8.92 Å². The third-order valence-corrected chi connectivity index (χ3v) is 5.00. The van der Waals surface area contributed by atoms with Crippen LogP contribution in [0.4, 0.5) is 5.82 Å². The van der Waals surface area contributed by atoms with E-state index in [-0.39, 0.29) is 16.4 Å². The largest absolute Gasteiger partial charge is 0.493 e. The minimum absolute atomic E-state index is 0.0744. The Kier molecular flexibility index (Phi) is 5.90. The molecular weight excluding hydrogens is 378 g/mol. The van der Waals surface area contributed by atoms with E-state index in [1.807, 2.05) is 19.1 Å². The fraction of sp³-hybridized carbons (Fsp3) is 0.100. The minimum Gasteiger partial charge on any atom is -0.493 e. The molecule has 1 aromatic heterocycles. The molecule has 0 bridgehead atoms. The van der Waals surface area contributed by atoms with Gasteiger partial charge in [-0.15, -0.1) is 0 Å². The van der Waals surface area contributed by atoms with Crippen molar-refractivity contribution in [2.75, 3.05) is 12.5 Å². The molecule has 144 valence electrons. The summed E-state index contributed by atoms with van der Waals surface area (Å²) in [6.45, 7) is 1.88. The predicted octanol–water partition coefficient (Wildman–Crippen LogP) is 3.61. The smallest absolute Gasteiger partial charge is 0.339 e. The van der Waals surface area contributed by atoms with Crippen molar-refractivity contribution in [3.8, 4) is 11.5 Å². The number of hydrogen-bond donors (Lipinski definition) is 1. The van der Waals surface area contributed by atoms with Gasteiger partial charge in [0.25, 0.3) is 0 Å². The van der Waals surface area contributed by atoms with Crippen LogP contribution in [-0.2, 0) is 10.1 Å². The standard InChI is InChI=1S/C20H19N3O4S/c1-15-6-9-17(10-7-15)28(24,25)27-18-11-8-16(13-19(18)26-2)14-22-23-20-5-3-4-12-21-20/h3-14H,1-2H3,(H,21,23)/b22-14+. The summed E-state index contributed by atoms with van der Waals surface area (Å²) in [7, 11) is -2.52. The molecule has 0 saturated heterocycles. The van der Waals surface area contributed by atoms with Crippen LogP contribution >= 0.6 is 0 Å². The highest BCUT2D eigenvalue weighted by Gasteiger charge is 2.19. The van der Waals surface area contributed by atoms with Crippen molar-refractivity contribution in [1.82, 2.24) is 4.98 Å². The highest BCUT2D eigenvalue weighted by molar-refractivity contribution is 7.87. The van der Waals surface area contributed by atoms with Gasteiger partial charge in [0.1, 0.15) is 10.7 Å². The maximum absolute atomic E-state index is 12.5. The number of rotatable bonds is 7. The number of pyridine rings is 1. The van der Waals surface area contributed by atoms with Gasteiger partial charge >= 0.3 is 10.1 Å². The first-order valence-electron chi connectivity index (χ1n) is 8.37. The first kappa shape index (κ1) is 19.4. The second-order valence-electron chi connectivity index (χ2n) is 5.85. The van der Waals surface area contributed by atoms with Gasteiger partial charge in [0.2, 0.25) is 0 Å². The number of methoxy groups -OCH3 is 1. The lowest BCUT2D eigenvalue weighted by Crippen LogP contribution is -2.10. The van der Waals surface area contributed by atoms with Crippen molar-refractivity contribution < 1.29 is 17.3 Å². The lowest BCUT2D eigenvalue weighted by molar-refractivity contribution is 0.390. The molecule has 1 heterocycles. The third kappa shape index (κ3) is 4.86. The average Bonchev–Trinajstić information content (AvgIpc) is 2.70. The molecule has 3 rings (SSSR count). The maximum atomic E-state index is 12.5. The van der Waals surface area contributed by atoms with E-state index in [0.29, 0.717) is 11.4 Å². The van der Waals surface area contributed by atoms with Crippen molar-refractivity contribution >= 4 is 22.2 Å². The lowest BCUT2D eigenvalue weighted by Gasteiger charge is -2.11. The second kappa shape index (κ2) is 8.53. The van der Waals surface area contributed by atoms with Gasteiger partial charge in [-0.05, 0) is 55.0 Å². The molecule has 8 heteroatoms. The Bertz CT molecular complexity index is 1070. The summed E-state index contributed by atoms with van der Waals surface area (Å²) in [6.07, 6.45) is 3.22. The summed E-state index contributed by atoms with van der Waals surface area (Å²) in [5, 5.41) is 4.10. The number of hydrogen-bond acceptors (Lipinski definition) is 7. The van der Waals surface area contributed by atoms with E-state index < -0.39 is 10.1 Å². The van der Waals surface area contributed by atoms with Gasteiger partial charge in [-0.25, -0.2) is 4.98 Å². The summed E-state index contributed by atoms with van der Waals surface area (Å²) in [5.41, 5.74) is 4.45. The van der Waals surface area contributed by atoms with Gasteiger partial charge in [0.15, 0.2) is 11.5 Å². The first-order chi connectivity index (χ1) is 13.5. The van der Waals surface area contributed by atoms with Gasteiger partial charge < -0.3 is 8.92 Å². The van der Waals surface area contributed by atoms with Crippen LogP contribution in [0.3, 0.4) is 0 Å². The third-order valence-electron chi connectivity index (χ3n) is 3.75. The zero-order valence-corrected chi connectivity index (χ0v) is 16.2. The normalized spacial score (nSPS) is 11.4. The Labute approximate surface area is 163 Å². The molecule has 7 nitrogen and oxygen atoms in total. The maximum Gasteiger partial charge on any atom is 0.339 e. The highest BCUT2D eigenvalue weighted by Crippen LogP contribution is 2.30. The van der Waals surface area contributed by atoms with Crippen LogP contribution in [0.25, 0.3) is 0 Å². The van der Waals surface area contributed by atoms with Crippen LogP contribution in [-0.4, -0.2) is 26.7 Å².